The Balaban J connectivity index is 2.45. The number of hydrogen-bond acceptors (Lipinski definition) is 3. The van der Waals surface area contributed by atoms with Crippen LogP contribution in [0.4, 0.5) is 5.69 Å². The maximum absolute atomic E-state index is 11.3. The van der Waals surface area contributed by atoms with Gasteiger partial charge in [-0.2, -0.15) is 0 Å². The molecule has 0 radical (unpaired) electrons. The molecular formula is C22H31NO2S. The minimum absolute atomic E-state index is 0.274. The summed E-state index contributed by atoms with van der Waals surface area (Å²) in [5.41, 5.74) is 10.6. The summed E-state index contributed by atoms with van der Waals surface area (Å²) in [6, 6.07) is 5.05. The van der Waals surface area contributed by atoms with Crippen LogP contribution < -0.4 is 5.73 Å². The number of carbonyl (C=O) groups is 1. The summed E-state index contributed by atoms with van der Waals surface area (Å²) in [4.78, 5) is 12.0. The molecular weight excluding hydrogens is 342 g/mol. The van der Waals surface area contributed by atoms with Crippen molar-refractivity contribution in [2.24, 2.45) is 0 Å². The molecule has 3 N–H and O–H groups in total. The predicted molar refractivity (Wildman–Crippen MR) is 114 cm³/mol. The Morgan fingerprint density at radius 3 is 2.27 bits per heavy atom. The number of carboxylic acids is 1. The van der Waals surface area contributed by atoms with Crippen molar-refractivity contribution >= 4 is 23.4 Å². The highest BCUT2D eigenvalue weighted by Gasteiger charge is 2.10. The molecule has 1 aromatic rings. The van der Waals surface area contributed by atoms with E-state index in [-0.39, 0.29) is 5.56 Å². The number of hydrogen-bond donors (Lipinski definition) is 2. The number of anilines is 1. The van der Waals surface area contributed by atoms with Crippen molar-refractivity contribution in [3.63, 3.8) is 0 Å². The molecule has 0 saturated carbocycles. The predicted octanol–water partition coefficient (Wildman–Crippen LogP) is 6.48. The van der Waals surface area contributed by atoms with Crippen molar-refractivity contribution < 1.29 is 9.90 Å². The standard InChI is InChI=1S/C22H31NO2S/c1-16(2)7-5-8-17(3)9-6-10-18(4)13-14-26-21-12-11-19(23)15-20(21)22(24)25/h7,9,11-13,15H,5-6,8,10,14,23H2,1-4H3,(H,24,25)/b17-9+,18-13+. The SMILES string of the molecule is CC(C)=CCC/C(C)=C/CC/C(C)=C/CSc1ccc(N)cc1C(=O)O. The van der Waals surface area contributed by atoms with Gasteiger partial charge in [0, 0.05) is 16.3 Å². The van der Waals surface area contributed by atoms with Crippen LogP contribution in [-0.4, -0.2) is 16.8 Å². The molecule has 0 heterocycles. The summed E-state index contributed by atoms with van der Waals surface area (Å²) in [7, 11) is 0. The normalized spacial score (nSPS) is 12.2. The third-order valence-electron chi connectivity index (χ3n) is 4.03. The molecule has 0 aromatic heterocycles. The quantitative estimate of drug-likeness (QED) is 0.280. The third-order valence-corrected chi connectivity index (χ3v) is 5.03. The number of allylic oxidation sites excluding steroid dienone is 5. The second-order valence-electron chi connectivity index (χ2n) is 6.83. The highest BCUT2D eigenvalue weighted by atomic mass is 32.2. The zero-order chi connectivity index (χ0) is 19.5. The first-order valence-corrected chi connectivity index (χ1v) is 9.98. The van der Waals surface area contributed by atoms with Gasteiger partial charge < -0.3 is 10.8 Å². The molecule has 0 bridgehead atoms. The van der Waals surface area contributed by atoms with Crippen molar-refractivity contribution in [2.75, 3.05) is 11.5 Å². The van der Waals surface area contributed by atoms with Gasteiger partial charge in [-0.15, -0.1) is 11.8 Å². The van der Waals surface area contributed by atoms with E-state index >= 15 is 0 Å². The fourth-order valence-electron chi connectivity index (χ4n) is 2.45. The molecule has 0 saturated heterocycles. The lowest BCUT2D eigenvalue weighted by molar-refractivity contribution is 0.0693. The topological polar surface area (TPSA) is 63.3 Å². The van der Waals surface area contributed by atoms with E-state index in [0.29, 0.717) is 5.69 Å². The summed E-state index contributed by atoms with van der Waals surface area (Å²) in [6.07, 6.45) is 11.1. The summed E-state index contributed by atoms with van der Waals surface area (Å²) in [5, 5.41) is 9.26. The smallest absolute Gasteiger partial charge is 0.336 e. The van der Waals surface area contributed by atoms with E-state index in [2.05, 4.69) is 45.9 Å². The molecule has 26 heavy (non-hydrogen) atoms. The first-order valence-electron chi connectivity index (χ1n) is 9.00. The van der Waals surface area contributed by atoms with E-state index in [4.69, 9.17) is 5.73 Å². The zero-order valence-electron chi connectivity index (χ0n) is 16.3. The van der Waals surface area contributed by atoms with E-state index in [1.807, 2.05) is 0 Å². The zero-order valence-corrected chi connectivity index (χ0v) is 17.2. The molecule has 1 rings (SSSR count). The Morgan fingerprint density at radius 2 is 1.65 bits per heavy atom. The summed E-state index contributed by atoms with van der Waals surface area (Å²) in [5.74, 6) is -0.173. The van der Waals surface area contributed by atoms with Crippen LogP contribution in [0.5, 0.6) is 0 Å². The maximum atomic E-state index is 11.3. The van der Waals surface area contributed by atoms with Crippen LogP contribution in [0.1, 0.15) is 63.7 Å². The molecule has 0 aliphatic heterocycles. The van der Waals surface area contributed by atoms with Gasteiger partial charge in [0.25, 0.3) is 0 Å². The van der Waals surface area contributed by atoms with Crippen molar-refractivity contribution in [2.45, 2.75) is 58.3 Å². The Kier molecular flexibility index (Phi) is 9.89. The first kappa shape index (κ1) is 22.1. The first-order chi connectivity index (χ1) is 12.3. The minimum atomic E-state index is -0.936. The Bertz CT molecular complexity index is 698. The number of benzene rings is 1. The average molecular weight is 374 g/mol. The van der Waals surface area contributed by atoms with Gasteiger partial charge in [-0.25, -0.2) is 4.79 Å². The maximum Gasteiger partial charge on any atom is 0.336 e. The van der Waals surface area contributed by atoms with Gasteiger partial charge >= 0.3 is 5.97 Å². The monoisotopic (exact) mass is 373 g/mol. The Hall–Kier alpha value is -1.94. The Labute approximate surface area is 162 Å². The van der Waals surface area contributed by atoms with Gasteiger partial charge in [-0.05, 0) is 71.6 Å². The molecule has 1 aromatic carbocycles. The lowest BCUT2D eigenvalue weighted by Crippen LogP contribution is -2.00. The molecule has 0 atom stereocenters. The number of nitrogen functional groups attached to an aromatic ring is 1. The fourth-order valence-corrected chi connectivity index (χ4v) is 3.47. The molecule has 0 amide bonds. The second-order valence-corrected chi connectivity index (χ2v) is 7.89. The van der Waals surface area contributed by atoms with Crippen molar-refractivity contribution in [1.29, 1.82) is 0 Å². The molecule has 0 fully saturated rings. The molecule has 4 heteroatoms. The molecule has 0 aliphatic carbocycles. The van der Waals surface area contributed by atoms with Gasteiger partial charge in [0.05, 0.1) is 5.56 Å². The van der Waals surface area contributed by atoms with Gasteiger partial charge in [0.1, 0.15) is 0 Å². The van der Waals surface area contributed by atoms with Crippen LogP contribution >= 0.6 is 11.8 Å². The number of thioether (sulfide) groups is 1. The highest BCUT2D eigenvalue weighted by molar-refractivity contribution is 7.99. The van der Waals surface area contributed by atoms with Gasteiger partial charge in [-0.3, -0.25) is 0 Å². The van der Waals surface area contributed by atoms with Gasteiger partial charge in [0.15, 0.2) is 0 Å². The van der Waals surface area contributed by atoms with Crippen LogP contribution in [0.3, 0.4) is 0 Å². The van der Waals surface area contributed by atoms with E-state index in [1.165, 1.54) is 34.5 Å². The number of carboxylic acid groups (broad SMARTS) is 1. The minimum Gasteiger partial charge on any atom is -0.478 e. The third kappa shape index (κ3) is 8.95. The fraction of sp³-hybridized carbons (Fsp3) is 0.409. The number of aromatic carboxylic acids is 1. The highest BCUT2D eigenvalue weighted by Crippen LogP contribution is 2.25. The van der Waals surface area contributed by atoms with Crippen molar-refractivity contribution in [3.05, 3.63) is 58.7 Å². The summed E-state index contributed by atoms with van der Waals surface area (Å²) in [6.45, 7) is 8.60. The molecule has 0 unspecified atom stereocenters. The molecule has 0 aliphatic rings. The van der Waals surface area contributed by atoms with Crippen molar-refractivity contribution in [3.8, 4) is 0 Å². The van der Waals surface area contributed by atoms with E-state index in [0.717, 1.165) is 36.3 Å². The molecule has 142 valence electrons. The van der Waals surface area contributed by atoms with Crippen LogP contribution in [0.2, 0.25) is 0 Å². The van der Waals surface area contributed by atoms with E-state index in [9.17, 15) is 9.90 Å². The lowest BCUT2D eigenvalue weighted by Gasteiger charge is -2.06. The summed E-state index contributed by atoms with van der Waals surface area (Å²) < 4.78 is 0. The van der Waals surface area contributed by atoms with Gasteiger partial charge in [0.2, 0.25) is 0 Å². The van der Waals surface area contributed by atoms with E-state index in [1.54, 1.807) is 12.1 Å². The Morgan fingerprint density at radius 1 is 1.04 bits per heavy atom. The van der Waals surface area contributed by atoms with E-state index < -0.39 is 5.97 Å². The molecule has 3 nitrogen and oxygen atoms in total. The van der Waals surface area contributed by atoms with Crippen molar-refractivity contribution in [1.82, 2.24) is 0 Å². The van der Waals surface area contributed by atoms with Crippen LogP contribution in [0.15, 0.2) is 58.0 Å². The van der Waals surface area contributed by atoms with Gasteiger partial charge in [-0.1, -0.05) is 34.9 Å². The van der Waals surface area contributed by atoms with Crippen LogP contribution in [0.25, 0.3) is 0 Å². The summed E-state index contributed by atoms with van der Waals surface area (Å²) >= 11 is 1.53. The largest absolute Gasteiger partial charge is 0.478 e. The number of nitrogens with two attached hydrogens (primary N) is 1. The average Bonchev–Trinajstić information content (AvgIpc) is 2.55. The molecule has 0 spiro atoms. The number of rotatable bonds is 10. The lowest BCUT2D eigenvalue weighted by atomic mass is 10.1. The second kappa shape index (κ2) is 11.6. The van der Waals surface area contributed by atoms with Crippen LogP contribution in [-0.2, 0) is 0 Å². The van der Waals surface area contributed by atoms with Crippen LogP contribution in [0, 0.1) is 0 Å².